The van der Waals surface area contributed by atoms with Crippen LogP contribution < -0.4 is 0 Å². The van der Waals surface area contributed by atoms with Crippen LogP contribution in [-0.4, -0.2) is 46.7 Å². The molecule has 0 aromatic heterocycles. The molecular weight excluding hydrogens is 307 g/mol. The second kappa shape index (κ2) is 15.4. The molecule has 0 fully saturated rings. The summed E-state index contributed by atoms with van der Waals surface area (Å²) in [6.45, 7) is 2.26. The van der Waals surface area contributed by atoms with Gasteiger partial charge in [-0.15, -0.1) is 0 Å². The third kappa shape index (κ3) is 19.0. The van der Waals surface area contributed by atoms with Gasteiger partial charge < -0.3 is 0 Å². The molecule has 0 saturated heterocycles. The first-order valence-electron chi connectivity index (χ1n) is 9.41. The van der Waals surface area contributed by atoms with Crippen molar-refractivity contribution >= 4 is 38.0 Å². The van der Waals surface area contributed by atoms with Crippen molar-refractivity contribution in [3.8, 4) is 0 Å². The van der Waals surface area contributed by atoms with E-state index in [0.717, 1.165) is 34.4 Å². The van der Waals surface area contributed by atoms with Crippen LogP contribution >= 0.6 is 0 Å². The zero-order valence-electron chi connectivity index (χ0n) is 14.9. The molecular formula is C17H35NaO3S. The minimum absolute atomic E-state index is 0.0655. The van der Waals surface area contributed by atoms with Gasteiger partial charge in [-0.25, -0.2) is 0 Å². The van der Waals surface area contributed by atoms with E-state index in [2.05, 4.69) is 6.92 Å². The van der Waals surface area contributed by atoms with Crippen molar-refractivity contribution < 1.29 is 13.0 Å². The third-order valence-electron chi connectivity index (χ3n) is 4.40. The SMILES string of the molecule is CCCCCCCCCCCCC[CH]([Na])CCCS(=O)(=O)O. The monoisotopic (exact) mass is 342 g/mol. The summed E-state index contributed by atoms with van der Waals surface area (Å²) >= 11 is 1.13. The molecule has 0 aliphatic heterocycles. The molecule has 0 bridgehead atoms. The van der Waals surface area contributed by atoms with Crippen LogP contribution in [0.4, 0.5) is 0 Å². The molecule has 1 N–H and O–H groups in total. The molecule has 1 unspecified atom stereocenters. The van der Waals surface area contributed by atoms with Crippen molar-refractivity contribution in [1.29, 1.82) is 0 Å². The first-order valence-corrected chi connectivity index (χ1v) is 12.2. The van der Waals surface area contributed by atoms with Crippen LogP contribution in [0.15, 0.2) is 0 Å². The Morgan fingerprint density at radius 1 is 0.773 bits per heavy atom. The number of hydrogen-bond acceptors (Lipinski definition) is 2. The Hall–Kier alpha value is 0.910. The van der Waals surface area contributed by atoms with E-state index in [9.17, 15) is 8.42 Å². The van der Waals surface area contributed by atoms with Gasteiger partial charge in [-0.05, 0) is 0 Å². The summed E-state index contributed by atoms with van der Waals surface area (Å²) in [6, 6.07) is 0. The number of unbranched alkanes of at least 4 members (excludes halogenated alkanes) is 10. The summed E-state index contributed by atoms with van der Waals surface area (Å²) in [7, 11) is -3.75. The second-order valence-electron chi connectivity index (χ2n) is 6.86. The van der Waals surface area contributed by atoms with Crippen molar-refractivity contribution in [3.63, 3.8) is 0 Å². The zero-order valence-corrected chi connectivity index (χ0v) is 17.7. The van der Waals surface area contributed by atoms with Gasteiger partial charge in [0.15, 0.2) is 0 Å². The molecule has 0 radical (unpaired) electrons. The predicted molar refractivity (Wildman–Crippen MR) is 96.2 cm³/mol. The first kappa shape index (κ1) is 22.9. The van der Waals surface area contributed by atoms with Gasteiger partial charge in [0.25, 0.3) is 0 Å². The predicted octanol–water partition coefficient (Wildman–Crippen LogP) is 5.31. The van der Waals surface area contributed by atoms with E-state index in [1.54, 1.807) is 0 Å². The van der Waals surface area contributed by atoms with Crippen LogP contribution in [0.3, 0.4) is 0 Å². The van der Waals surface area contributed by atoms with Crippen LogP contribution in [0.2, 0.25) is 3.17 Å². The van der Waals surface area contributed by atoms with E-state index in [1.165, 1.54) is 77.0 Å². The van der Waals surface area contributed by atoms with E-state index >= 15 is 0 Å². The Bertz CT molecular complexity index is 331. The molecule has 0 aromatic carbocycles. The van der Waals surface area contributed by atoms with Crippen LogP contribution in [0.25, 0.3) is 0 Å². The first-order chi connectivity index (χ1) is 10.5. The van der Waals surface area contributed by atoms with E-state index in [4.69, 9.17) is 4.55 Å². The molecule has 0 aliphatic carbocycles. The second-order valence-corrected chi connectivity index (χ2v) is 10.1. The Balaban J connectivity index is 3.22. The molecule has 0 heterocycles. The fraction of sp³-hybridized carbons (Fsp3) is 1.00. The summed E-state index contributed by atoms with van der Waals surface area (Å²) in [5, 5.41) is 0. The van der Waals surface area contributed by atoms with Gasteiger partial charge in [0.2, 0.25) is 0 Å². The average Bonchev–Trinajstić information content (AvgIpc) is 2.43. The van der Waals surface area contributed by atoms with E-state index in [1.807, 2.05) is 0 Å². The van der Waals surface area contributed by atoms with Gasteiger partial charge in [0.05, 0.1) is 0 Å². The summed E-state index contributed by atoms with van der Waals surface area (Å²) in [5.41, 5.74) is 0. The van der Waals surface area contributed by atoms with Gasteiger partial charge in [-0.1, -0.05) is 13.3 Å². The molecule has 0 amide bonds. The molecule has 1 atom stereocenters. The van der Waals surface area contributed by atoms with Crippen LogP contribution in [0.5, 0.6) is 0 Å². The molecule has 0 aromatic rings. The fourth-order valence-corrected chi connectivity index (χ4v) is 4.26. The molecule has 22 heavy (non-hydrogen) atoms. The van der Waals surface area contributed by atoms with E-state index in [-0.39, 0.29) is 5.75 Å². The molecule has 128 valence electrons. The maximum atomic E-state index is 10.6. The number of rotatable bonds is 16. The van der Waals surface area contributed by atoms with Crippen LogP contribution in [0.1, 0.15) is 96.8 Å². The summed E-state index contributed by atoms with van der Waals surface area (Å²) in [6.07, 6.45) is 17.9. The number of hydrogen-bond donors (Lipinski definition) is 1. The normalized spacial score (nSPS) is 13.5. The zero-order chi connectivity index (χ0) is 16.7. The summed E-state index contributed by atoms with van der Waals surface area (Å²) in [5.74, 6) is -0.0655. The Kier molecular flexibility index (Phi) is 16.1. The molecule has 0 aliphatic rings. The van der Waals surface area contributed by atoms with Crippen molar-refractivity contribution in [3.05, 3.63) is 0 Å². The molecule has 5 heteroatoms. The molecule has 0 spiro atoms. The third-order valence-corrected chi connectivity index (χ3v) is 6.36. The quantitative estimate of drug-likeness (QED) is 0.235. The Labute approximate surface area is 156 Å². The van der Waals surface area contributed by atoms with Gasteiger partial charge >= 0.3 is 143 Å². The average molecular weight is 343 g/mol. The topological polar surface area (TPSA) is 54.4 Å². The maximum absolute atomic E-state index is 10.6. The summed E-state index contributed by atoms with van der Waals surface area (Å²) < 4.78 is 30.7. The van der Waals surface area contributed by atoms with Crippen LogP contribution in [-0.2, 0) is 10.1 Å². The van der Waals surface area contributed by atoms with E-state index < -0.39 is 10.1 Å². The molecule has 0 rings (SSSR count). The molecule has 0 saturated carbocycles. The van der Waals surface area contributed by atoms with Crippen LogP contribution in [0, 0.1) is 0 Å². The van der Waals surface area contributed by atoms with Crippen molar-refractivity contribution in [2.75, 3.05) is 5.75 Å². The van der Waals surface area contributed by atoms with Gasteiger partial charge in [-0.2, -0.15) is 0 Å². The van der Waals surface area contributed by atoms with Gasteiger partial charge in [0, 0.05) is 0 Å². The van der Waals surface area contributed by atoms with Crippen molar-refractivity contribution in [2.45, 2.75) is 100.0 Å². The summed E-state index contributed by atoms with van der Waals surface area (Å²) in [4.78, 5) is 0. The Morgan fingerprint density at radius 3 is 1.64 bits per heavy atom. The van der Waals surface area contributed by atoms with Gasteiger partial charge in [-0.3, -0.25) is 0 Å². The van der Waals surface area contributed by atoms with Crippen molar-refractivity contribution in [2.24, 2.45) is 0 Å². The molecule has 3 nitrogen and oxygen atoms in total. The standard InChI is InChI=1S/C17H35O3S.Na/c1-2-3-4-5-6-7-8-9-10-11-12-13-14-15-16-17-21(18,19)20;/h14H,2-13,15-17H2,1H3,(H,18,19,20);. The van der Waals surface area contributed by atoms with Gasteiger partial charge in [0.1, 0.15) is 0 Å². The van der Waals surface area contributed by atoms with E-state index in [0.29, 0.717) is 9.59 Å². The fourth-order valence-electron chi connectivity index (χ4n) is 2.92. The minimum atomic E-state index is -3.75. The Morgan fingerprint density at radius 2 is 1.18 bits per heavy atom. The van der Waals surface area contributed by atoms with Crippen molar-refractivity contribution in [1.82, 2.24) is 0 Å².